The van der Waals surface area contributed by atoms with Crippen LogP contribution in [-0.4, -0.2) is 93.2 Å². The number of rotatable bonds is 8. The lowest BCUT2D eigenvalue weighted by molar-refractivity contribution is 0.0240. The van der Waals surface area contributed by atoms with Gasteiger partial charge in [0.2, 0.25) is 0 Å². The number of aromatic hydroxyl groups is 1. The predicted octanol–water partition coefficient (Wildman–Crippen LogP) is 4.77. The molecule has 50 heavy (non-hydrogen) atoms. The van der Waals surface area contributed by atoms with Gasteiger partial charge in [0.15, 0.2) is 17.3 Å². The molecule has 1 fully saturated rings. The minimum Gasteiger partial charge on any atom is -0.505 e. The summed E-state index contributed by atoms with van der Waals surface area (Å²) in [6, 6.07) is 11.1. The molecule has 266 valence electrons. The largest absolute Gasteiger partial charge is 0.505 e. The number of methoxy groups -OCH3 is 1. The molecular formula is C36H43FN6O7. The van der Waals surface area contributed by atoms with Crippen molar-refractivity contribution in [2.45, 2.75) is 59.4 Å². The molecule has 4 aromatic rings. The van der Waals surface area contributed by atoms with Crippen molar-refractivity contribution in [3.8, 4) is 17.2 Å². The fourth-order valence-corrected chi connectivity index (χ4v) is 6.47. The van der Waals surface area contributed by atoms with Crippen molar-refractivity contribution in [1.29, 1.82) is 0 Å². The van der Waals surface area contributed by atoms with E-state index in [1.165, 1.54) is 22.9 Å². The highest BCUT2D eigenvalue weighted by molar-refractivity contribution is 6.07. The molecule has 0 aliphatic carbocycles. The van der Waals surface area contributed by atoms with Crippen LogP contribution in [0.15, 0.2) is 47.3 Å². The van der Waals surface area contributed by atoms with Gasteiger partial charge in [0.1, 0.15) is 40.4 Å². The van der Waals surface area contributed by atoms with E-state index >= 15 is 0 Å². The van der Waals surface area contributed by atoms with E-state index in [0.29, 0.717) is 61.9 Å². The molecule has 0 bridgehead atoms. The zero-order valence-corrected chi connectivity index (χ0v) is 29.2. The van der Waals surface area contributed by atoms with Gasteiger partial charge in [0.25, 0.3) is 11.5 Å². The van der Waals surface area contributed by atoms with Crippen LogP contribution in [0.4, 0.5) is 15.0 Å². The normalized spacial score (nSPS) is 16.5. The fraction of sp³-hybridized carbons (Fsp3) is 0.444. The molecule has 2 aliphatic rings. The summed E-state index contributed by atoms with van der Waals surface area (Å²) in [5.41, 5.74) is 0.456. The Bertz CT molecular complexity index is 1980. The average molecular weight is 691 g/mol. The van der Waals surface area contributed by atoms with Crippen molar-refractivity contribution >= 4 is 28.7 Å². The number of nitrogens with zero attached hydrogens (tertiary/aromatic N) is 6. The number of amides is 2. The first kappa shape index (κ1) is 34.6. The quantitative estimate of drug-likeness (QED) is 0.278. The molecule has 0 saturated carbocycles. The van der Waals surface area contributed by atoms with Gasteiger partial charge in [0.05, 0.1) is 13.7 Å². The average Bonchev–Trinajstić information content (AvgIpc) is 3.41. The molecule has 13 nitrogen and oxygen atoms in total. The monoisotopic (exact) mass is 690 g/mol. The number of carbonyl (C=O) groups excluding carboxylic acids is 2. The first-order valence-corrected chi connectivity index (χ1v) is 16.7. The Kier molecular flexibility index (Phi) is 9.38. The van der Waals surface area contributed by atoms with Gasteiger partial charge >= 0.3 is 6.09 Å². The predicted molar refractivity (Wildman–Crippen MR) is 185 cm³/mol. The van der Waals surface area contributed by atoms with E-state index in [9.17, 15) is 23.9 Å². The highest BCUT2D eigenvalue weighted by atomic mass is 19.1. The highest BCUT2D eigenvalue weighted by Crippen LogP contribution is 2.40. The topological polar surface area (TPSA) is 132 Å². The molecule has 4 heterocycles. The van der Waals surface area contributed by atoms with E-state index in [1.54, 1.807) is 33.6 Å². The van der Waals surface area contributed by atoms with Crippen LogP contribution in [0.25, 0.3) is 10.9 Å². The van der Waals surface area contributed by atoms with E-state index in [0.717, 1.165) is 5.56 Å². The summed E-state index contributed by atoms with van der Waals surface area (Å²) < 4.78 is 34.3. The number of fused-ring (bicyclic) bond motifs is 3. The molecular weight excluding hydrogens is 647 g/mol. The first-order chi connectivity index (χ1) is 23.8. The second kappa shape index (κ2) is 13.6. The van der Waals surface area contributed by atoms with Crippen LogP contribution in [0.2, 0.25) is 0 Å². The number of likely N-dealkylation sites (N-methyl/N-ethyl adjacent to an activating group) is 1. The lowest BCUT2D eigenvalue weighted by atomic mass is 10.2. The van der Waals surface area contributed by atoms with Gasteiger partial charge in [-0.3, -0.25) is 9.59 Å². The van der Waals surface area contributed by atoms with Gasteiger partial charge in [-0.25, -0.2) is 13.9 Å². The van der Waals surface area contributed by atoms with Gasteiger partial charge in [-0.15, -0.1) is 5.10 Å². The summed E-state index contributed by atoms with van der Waals surface area (Å²) >= 11 is 0. The van der Waals surface area contributed by atoms with E-state index in [-0.39, 0.29) is 41.9 Å². The Morgan fingerprint density at radius 1 is 1.06 bits per heavy atom. The molecule has 1 unspecified atom stereocenters. The number of benzene rings is 2. The second-order valence-corrected chi connectivity index (χ2v) is 13.6. The van der Waals surface area contributed by atoms with E-state index in [4.69, 9.17) is 19.3 Å². The Morgan fingerprint density at radius 2 is 1.76 bits per heavy atom. The molecule has 1 atom stereocenters. The molecule has 1 N–H and O–H groups in total. The van der Waals surface area contributed by atoms with E-state index < -0.39 is 28.8 Å². The van der Waals surface area contributed by atoms with E-state index in [2.05, 4.69) is 0 Å². The maximum atomic E-state index is 14.5. The van der Waals surface area contributed by atoms with Crippen molar-refractivity contribution < 1.29 is 33.3 Å². The number of halogens is 1. The van der Waals surface area contributed by atoms with Crippen LogP contribution in [-0.2, 0) is 17.9 Å². The number of aromatic nitrogens is 3. The summed E-state index contributed by atoms with van der Waals surface area (Å²) in [5, 5.41) is 16.4. The van der Waals surface area contributed by atoms with Gasteiger partial charge in [0, 0.05) is 56.9 Å². The van der Waals surface area contributed by atoms with Crippen molar-refractivity contribution in [1.82, 2.24) is 24.1 Å². The van der Waals surface area contributed by atoms with Crippen molar-refractivity contribution in [3.05, 3.63) is 75.5 Å². The minimum atomic E-state index is -0.646. The molecule has 2 amide bonds. The molecule has 2 aromatic carbocycles. The Balaban J connectivity index is 1.41. The summed E-state index contributed by atoms with van der Waals surface area (Å²) in [6.45, 7) is 11.5. The third-order valence-electron chi connectivity index (χ3n) is 8.99. The maximum absolute atomic E-state index is 14.5. The highest BCUT2D eigenvalue weighted by Gasteiger charge is 2.38. The molecule has 6 rings (SSSR count). The lowest BCUT2D eigenvalue weighted by Crippen LogP contribution is -2.50. The van der Waals surface area contributed by atoms with Crippen molar-refractivity contribution in [2.24, 2.45) is 0 Å². The number of hydrogen-bond acceptors (Lipinski definition) is 9. The van der Waals surface area contributed by atoms with Crippen LogP contribution in [0.5, 0.6) is 17.2 Å². The van der Waals surface area contributed by atoms with Gasteiger partial charge in [-0.05, 0) is 58.4 Å². The van der Waals surface area contributed by atoms with Crippen LogP contribution in [0, 0.1) is 5.82 Å². The minimum absolute atomic E-state index is 0.0273. The summed E-state index contributed by atoms with van der Waals surface area (Å²) in [6.07, 6.45) is -0.421. The lowest BCUT2D eigenvalue weighted by Gasteiger charge is -2.37. The summed E-state index contributed by atoms with van der Waals surface area (Å²) in [7, 11) is 1.58. The van der Waals surface area contributed by atoms with Crippen LogP contribution in [0.3, 0.4) is 0 Å². The van der Waals surface area contributed by atoms with Crippen molar-refractivity contribution in [3.63, 3.8) is 0 Å². The number of carbonyl (C=O) groups is 2. The fourth-order valence-electron chi connectivity index (χ4n) is 6.47. The van der Waals surface area contributed by atoms with E-state index in [1.807, 2.05) is 51.7 Å². The summed E-state index contributed by atoms with van der Waals surface area (Å²) in [5.74, 6) is 0.0154. The van der Waals surface area contributed by atoms with Crippen LogP contribution < -0.4 is 19.9 Å². The van der Waals surface area contributed by atoms with Crippen molar-refractivity contribution in [2.75, 3.05) is 51.3 Å². The molecule has 2 aromatic heterocycles. The van der Waals surface area contributed by atoms with Gasteiger partial charge in [-0.1, -0.05) is 18.2 Å². The molecule has 2 aliphatic heterocycles. The van der Waals surface area contributed by atoms with Gasteiger partial charge in [-0.2, -0.15) is 0 Å². The SMILES string of the molecule is CCN1CC(C)n2c(c(O)c3c(=O)n(Cc4ccc(F)cc4OCc4ccc(OC)cc4)nc(N4CCN(C(=O)OC(C)(C)C)CC4)c32)C1=O. The summed E-state index contributed by atoms with van der Waals surface area (Å²) in [4.78, 5) is 45.9. The third-order valence-corrected chi connectivity index (χ3v) is 8.99. The van der Waals surface area contributed by atoms with Crippen LogP contribution >= 0.6 is 0 Å². The third kappa shape index (κ3) is 6.66. The Labute approximate surface area is 289 Å². The Hall–Kier alpha value is -5.27. The zero-order chi connectivity index (χ0) is 35.9. The number of anilines is 1. The molecule has 1 saturated heterocycles. The molecule has 0 spiro atoms. The molecule has 14 heteroatoms. The standard InChI is InChI=1S/C36H43FN6O7/c1-7-39-19-22(2)43-29-28(31(44)30(43)34(39)46)33(45)42(38-32(29)40-14-16-41(17-15-40)35(47)50-36(3,4)5)20-24-10-11-25(37)18-27(24)49-21-23-8-12-26(48-6)13-9-23/h8-13,18,22,44H,7,14-17,19-21H2,1-6H3. The molecule has 0 radical (unpaired) electrons. The van der Waals surface area contributed by atoms with Crippen LogP contribution in [0.1, 0.15) is 62.3 Å². The Morgan fingerprint density at radius 3 is 2.40 bits per heavy atom. The zero-order valence-electron chi connectivity index (χ0n) is 29.2. The number of hydrogen-bond donors (Lipinski definition) is 1. The maximum Gasteiger partial charge on any atom is 0.410 e. The number of piperazine rings is 1. The smallest absolute Gasteiger partial charge is 0.410 e. The second-order valence-electron chi connectivity index (χ2n) is 13.6. The first-order valence-electron chi connectivity index (χ1n) is 16.7. The van der Waals surface area contributed by atoms with Gasteiger partial charge < -0.3 is 38.6 Å². The number of ether oxygens (including phenoxy) is 3.